The van der Waals surface area contributed by atoms with Gasteiger partial charge in [0.1, 0.15) is 0 Å². The molecule has 0 radical (unpaired) electrons. The van der Waals surface area contributed by atoms with Crippen molar-refractivity contribution in [2.45, 2.75) is 38.1 Å². The summed E-state index contributed by atoms with van der Waals surface area (Å²) in [5.41, 5.74) is 5.07. The van der Waals surface area contributed by atoms with Crippen molar-refractivity contribution in [3.63, 3.8) is 0 Å². The molecule has 0 amide bonds. The molecule has 4 heteroatoms. The Kier molecular flexibility index (Phi) is 3.57. The number of fused-ring (bicyclic) bond motifs is 1. The van der Waals surface area contributed by atoms with Crippen molar-refractivity contribution in [1.82, 2.24) is 20.1 Å². The Labute approximate surface area is 120 Å². The first kappa shape index (κ1) is 13.3. The number of hydrogen-bond acceptors (Lipinski definition) is 3. The summed E-state index contributed by atoms with van der Waals surface area (Å²) in [6, 6.07) is 4.56. The lowest BCUT2D eigenvalue weighted by atomic mass is 9.79. The van der Waals surface area contributed by atoms with Gasteiger partial charge in [-0.25, -0.2) is 0 Å². The number of nitrogens with one attached hydrogen (secondary N) is 1. The van der Waals surface area contributed by atoms with E-state index >= 15 is 0 Å². The largest absolute Gasteiger partial charge is 0.312 e. The first-order valence-corrected chi connectivity index (χ1v) is 7.32. The van der Waals surface area contributed by atoms with Crippen LogP contribution < -0.4 is 5.32 Å². The highest BCUT2D eigenvalue weighted by Crippen LogP contribution is 2.39. The van der Waals surface area contributed by atoms with Crippen LogP contribution >= 0.6 is 0 Å². The number of pyridine rings is 1. The van der Waals surface area contributed by atoms with Crippen LogP contribution in [0.15, 0.2) is 24.5 Å². The average molecular weight is 270 g/mol. The van der Waals surface area contributed by atoms with E-state index in [2.05, 4.69) is 34.6 Å². The second kappa shape index (κ2) is 5.37. The second-order valence-electron chi connectivity index (χ2n) is 5.66. The van der Waals surface area contributed by atoms with E-state index in [0.29, 0.717) is 5.92 Å². The molecule has 0 aromatic carbocycles. The number of aromatic nitrogens is 3. The minimum atomic E-state index is 0.289. The molecule has 4 nitrogen and oxygen atoms in total. The number of hydrogen-bond donors (Lipinski definition) is 1. The Hall–Kier alpha value is -1.68. The zero-order valence-electron chi connectivity index (χ0n) is 12.4. The third-order valence-electron chi connectivity index (χ3n) is 4.34. The molecule has 0 saturated heterocycles. The summed E-state index contributed by atoms with van der Waals surface area (Å²) in [4.78, 5) is 4.66. The van der Waals surface area contributed by atoms with Gasteiger partial charge >= 0.3 is 0 Å². The molecule has 0 aliphatic heterocycles. The molecule has 2 aromatic heterocycles. The molecule has 0 saturated carbocycles. The van der Waals surface area contributed by atoms with E-state index in [9.17, 15) is 0 Å². The van der Waals surface area contributed by atoms with Crippen molar-refractivity contribution in [1.29, 1.82) is 0 Å². The molecule has 2 unspecified atom stereocenters. The molecular formula is C16H22N4. The maximum Gasteiger partial charge on any atom is 0.0641 e. The fraction of sp³-hybridized carbons (Fsp3) is 0.500. The lowest BCUT2D eigenvalue weighted by Gasteiger charge is -2.31. The Morgan fingerprint density at radius 1 is 1.45 bits per heavy atom. The van der Waals surface area contributed by atoms with Gasteiger partial charge in [0, 0.05) is 42.7 Å². The molecular weight excluding hydrogens is 248 g/mol. The van der Waals surface area contributed by atoms with Crippen molar-refractivity contribution < 1.29 is 0 Å². The highest BCUT2D eigenvalue weighted by molar-refractivity contribution is 5.32. The molecule has 1 aliphatic rings. The van der Waals surface area contributed by atoms with Crippen LogP contribution in [0.5, 0.6) is 0 Å². The Morgan fingerprint density at radius 3 is 3.00 bits per heavy atom. The van der Waals surface area contributed by atoms with Crippen LogP contribution in [0.3, 0.4) is 0 Å². The topological polar surface area (TPSA) is 42.7 Å². The number of nitrogens with zero attached hydrogens (tertiary/aromatic N) is 3. The van der Waals surface area contributed by atoms with E-state index in [4.69, 9.17) is 0 Å². The highest BCUT2D eigenvalue weighted by atomic mass is 15.3. The summed E-state index contributed by atoms with van der Waals surface area (Å²) >= 11 is 0. The molecule has 2 aromatic rings. The van der Waals surface area contributed by atoms with Gasteiger partial charge in [0.2, 0.25) is 0 Å². The first-order chi connectivity index (χ1) is 9.70. The Balaban J connectivity index is 2.01. The van der Waals surface area contributed by atoms with Crippen LogP contribution in [0.4, 0.5) is 0 Å². The van der Waals surface area contributed by atoms with E-state index in [1.54, 1.807) is 0 Å². The summed E-state index contributed by atoms with van der Waals surface area (Å²) in [7, 11) is 4.02. The van der Waals surface area contributed by atoms with E-state index in [1.807, 2.05) is 31.0 Å². The van der Waals surface area contributed by atoms with Crippen LogP contribution in [0, 0.1) is 6.92 Å². The van der Waals surface area contributed by atoms with Crippen LogP contribution in [0.2, 0.25) is 0 Å². The fourth-order valence-corrected chi connectivity index (χ4v) is 3.47. The highest BCUT2D eigenvalue weighted by Gasteiger charge is 2.30. The molecule has 0 spiro atoms. The van der Waals surface area contributed by atoms with E-state index in [-0.39, 0.29) is 6.04 Å². The van der Waals surface area contributed by atoms with Crippen LogP contribution in [0.25, 0.3) is 0 Å². The quantitative estimate of drug-likeness (QED) is 0.932. The normalized spacial score (nSPS) is 19.6. The van der Waals surface area contributed by atoms with Gasteiger partial charge in [-0.3, -0.25) is 9.67 Å². The van der Waals surface area contributed by atoms with Gasteiger partial charge in [-0.1, -0.05) is 6.07 Å². The maximum absolute atomic E-state index is 4.66. The van der Waals surface area contributed by atoms with Gasteiger partial charge in [-0.15, -0.1) is 0 Å². The van der Waals surface area contributed by atoms with Gasteiger partial charge in [-0.2, -0.15) is 5.10 Å². The second-order valence-corrected chi connectivity index (χ2v) is 5.66. The third kappa shape index (κ3) is 2.24. The van der Waals surface area contributed by atoms with Gasteiger partial charge < -0.3 is 5.32 Å². The summed E-state index contributed by atoms with van der Waals surface area (Å²) in [5.74, 6) is 0.438. The molecule has 2 atom stereocenters. The van der Waals surface area contributed by atoms with Gasteiger partial charge in [-0.05, 0) is 44.9 Å². The molecule has 3 rings (SSSR count). The summed E-state index contributed by atoms with van der Waals surface area (Å²) in [6.45, 7) is 2.09. The van der Waals surface area contributed by atoms with Gasteiger partial charge in [0.15, 0.2) is 0 Å². The maximum atomic E-state index is 4.66. The Bertz CT molecular complexity index is 602. The van der Waals surface area contributed by atoms with Crippen LogP contribution in [0.1, 0.15) is 47.3 Å². The van der Waals surface area contributed by atoms with Crippen LogP contribution in [-0.4, -0.2) is 21.8 Å². The first-order valence-electron chi connectivity index (χ1n) is 7.32. The SMILES string of the molecule is CNC(c1cn(C)nc1C)C1CCCc2cccnc21. The fourth-order valence-electron chi connectivity index (χ4n) is 3.47. The zero-order chi connectivity index (χ0) is 14.1. The molecule has 1 aliphatic carbocycles. The summed E-state index contributed by atoms with van der Waals surface area (Å²) in [5, 5.41) is 7.98. The number of likely N-dealkylation sites (N-methyl/N-ethyl adjacent to an activating group) is 1. The molecule has 0 bridgehead atoms. The Morgan fingerprint density at radius 2 is 2.30 bits per heavy atom. The zero-order valence-corrected chi connectivity index (χ0v) is 12.4. The van der Waals surface area contributed by atoms with Crippen molar-refractivity contribution >= 4 is 0 Å². The van der Waals surface area contributed by atoms with E-state index in [1.165, 1.54) is 29.7 Å². The predicted octanol–water partition coefficient (Wildman–Crippen LogP) is 2.50. The minimum absolute atomic E-state index is 0.289. The van der Waals surface area contributed by atoms with Gasteiger partial charge in [0.25, 0.3) is 0 Å². The van der Waals surface area contributed by atoms with Crippen molar-refractivity contribution in [2.24, 2.45) is 7.05 Å². The van der Waals surface area contributed by atoms with Crippen molar-refractivity contribution in [3.8, 4) is 0 Å². The summed E-state index contributed by atoms with van der Waals surface area (Å²) in [6.07, 6.45) is 7.63. The lowest BCUT2D eigenvalue weighted by Crippen LogP contribution is -2.27. The molecule has 1 N–H and O–H groups in total. The van der Waals surface area contributed by atoms with E-state index < -0.39 is 0 Å². The van der Waals surface area contributed by atoms with E-state index in [0.717, 1.165) is 12.1 Å². The number of aryl methyl sites for hydroxylation is 3. The van der Waals surface area contributed by atoms with Crippen LogP contribution in [-0.2, 0) is 13.5 Å². The summed E-state index contributed by atoms with van der Waals surface area (Å²) < 4.78 is 1.90. The third-order valence-corrected chi connectivity index (χ3v) is 4.34. The van der Waals surface area contributed by atoms with Crippen molar-refractivity contribution in [2.75, 3.05) is 7.05 Å². The minimum Gasteiger partial charge on any atom is -0.312 e. The van der Waals surface area contributed by atoms with Gasteiger partial charge in [0.05, 0.1) is 5.69 Å². The standard InChI is InChI=1S/C16H22N4/c1-11-14(10-20(3)19-11)16(17-2)13-8-4-6-12-7-5-9-18-15(12)13/h5,7,9-10,13,16-17H,4,6,8H2,1-3H3. The molecule has 2 heterocycles. The molecule has 0 fully saturated rings. The molecule has 20 heavy (non-hydrogen) atoms. The smallest absolute Gasteiger partial charge is 0.0641 e. The lowest BCUT2D eigenvalue weighted by molar-refractivity contribution is 0.414. The number of rotatable bonds is 3. The molecule has 106 valence electrons. The monoisotopic (exact) mass is 270 g/mol. The average Bonchev–Trinajstić information content (AvgIpc) is 2.79. The van der Waals surface area contributed by atoms with Crippen molar-refractivity contribution in [3.05, 3.63) is 47.0 Å². The predicted molar refractivity (Wildman–Crippen MR) is 79.7 cm³/mol.